The topological polar surface area (TPSA) is 62.3 Å². The molecule has 100 valence electrons. The van der Waals surface area contributed by atoms with Gasteiger partial charge in [-0.3, -0.25) is 0 Å². The zero-order valence-electron chi connectivity index (χ0n) is 10.2. The summed E-state index contributed by atoms with van der Waals surface area (Å²) in [5.74, 6) is 0.546. The molecule has 1 N–H and O–H groups in total. The molecular weight excluding hydrogens is 257 g/mol. The second-order valence-corrected chi connectivity index (χ2v) is 6.61. The highest BCUT2D eigenvalue weighted by atomic mass is 32.2. The predicted molar refractivity (Wildman–Crippen MR) is 67.8 cm³/mol. The molecule has 7 heteroatoms. The largest absolute Gasteiger partial charge is 0.354 e. The van der Waals surface area contributed by atoms with Gasteiger partial charge in [-0.25, -0.2) is 17.8 Å². The predicted octanol–water partition coefficient (Wildman–Crippen LogP) is 0.175. The lowest BCUT2D eigenvalue weighted by Crippen LogP contribution is -2.41. The Morgan fingerprint density at radius 3 is 2.72 bits per heavy atom. The van der Waals surface area contributed by atoms with Gasteiger partial charge in [0.05, 0.1) is 17.7 Å². The highest BCUT2D eigenvalue weighted by molar-refractivity contribution is 7.91. The number of nitrogens with zero attached hydrogens (tertiary/aromatic N) is 2. The quantitative estimate of drug-likeness (QED) is 0.851. The van der Waals surface area contributed by atoms with Gasteiger partial charge in [-0.05, 0) is 13.1 Å². The molecule has 1 aromatic rings. The molecule has 0 radical (unpaired) electrons. The molecule has 1 aliphatic rings. The minimum atomic E-state index is -2.92. The van der Waals surface area contributed by atoms with Crippen molar-refractivity contribution < 1.29 is 12.8 Å². The van der Waals surface area contributed by atoms with E-state index in [9.17, 15) is 12.8 Å². The van der Waals surface area contributed by atoms with Crippen LogP contribution in [0.15, 0.2) is 12.3 Å². The molecule has 1 saturated heterocycles. The van der Waals surface area contributed by atoms with Crippen LogP contribution in [0.25, 0.3) is 0 Å². The molecule has 2 rings (SSSR count). The van der Waals surface area contributed by atoms with Crippen molar-refractivity contribution in [3.63, 3.8) is 0 Å². The number of sulfone groups is 1. The Bertz CT molecular complexity index is 519. The third kappa shape index (κ3) is 2.97. The zero-order chi connectivity index (χ0) is 13.2. The summed E-state index contributed by atoms with van der Waals surface area (Å²) in [7, 11) is -1.14. The molecule has 1 aromatic heterocycles. The minimum absolute atomic E-state index is 0.130. The van der Waals surface area contributed by atoms with E-state index in [4.69, 9.17) is 0 Å². The van der Waals surface area contributed by atoms with Crippen molar-refractivity contribution in [2.45, 2.75) is 6.54 Å². The van der Waals surface area contributed by atoms with Gasteiger partial charge in [0.15, 0.2) is 9.84 Å². The number of aromatic nitrogens is 1. The van der Waals surface area contributed by atoms with Gasteiger partial charge in [0.25, 0.3) is 0 Å². The van der Waals surface area contributed by atoms with E-state index < -0.39 is 9.84 Å². The van der Waals surface area contributed by atoms with Crippen LogP contribution in [-0.4, -0.2) is 45.0 Å². The molecule has 5 nitrogen and oxygen atoms in total. The summed E-state index contributed by atoms with van der Waals surface area (Å²) in [5.41, 5.74) is 0.747. The molecular formula is C11H16FN3O2S. The minimum Gasteiger partial charge on any atom is -0.354 e. The summed E-state index contributed by atoms with van der Waals surface area (Å²) >= 11 is 0. The van der Waals surface area contributed by atoms with Gasteiger partial charge in [0, 0.05) is 25.2 Å². The number of halogens is 1. The smallest absolute Gasteiger partial charge is 0.153 e. The van der Waals surface area contributed by atoms with Crippen molar-refractivity contribution in [2.24, 2.45) is 0 Å². The third-order valence-corrected chi connectivity index (χ3v) is 4.53. The van der Waals surface area contributed by atoms with E-state index >= 15 is 0 Å². The Balaban J connectivity index is 2.23. The van der Waals surface area contributed by atoms with Crippen molar-refractivity contribution in [1.29, 1.82) is 0 Å². The molecule has 0 unspecified atom stereocenters. The lowest BCUT2D eigenvalue weighted by atomic mass is 10.2. The molecule has 0 aromatic carbocycles. The van der Waals surface area contributed by atoms with Crippen molar-refractivity contribution in [2.75, 3.05) is 36.5 Å². The molecule has 0 spiro atoms. The number of hydrogen-bond donors (Lipinski definition) is 1. The average molecular weight is 273 g/mol. The van der Waals surface area contributed by atoms with Gasteiger partial charge in [-0.15, -0.1) is 0 Å². The number of anilines is 1. The molecule has 1 fully saturated rings. The molecule has 1 aliphatic heterocycles. The van der Waals surface area contributed by atoms with Crippen LogP contribution in [-0.2, 0) is 16.4 Å². The first-order valence-corrected chi connectivity index (χ1v) is 7.58. The first-order chi connectivity index (χ1) is 8.52. The zero-order valence-corrected chi connectivity index (χ0v) is 11.0. The normalized spacial score (nSPS) is 18.9. The van der Waals surface area contributed by atoms with Crippen LogP contribution in [0, 0.1) is 5.82 Å². The van der Waals surface area contributed by atoms with Crippen LogP contribution < -0.4 is 10.2 Å². The van der Waals surface area contributed by atoms with Crippen LogP contribution in [0.4, 0.5) is 10.2 Å². The van der Waals surface area contributed by atoms with Crippen molar-refractivity contribution in [3.8, 4) is 0 Å². The molecule has 0 saturated carbocycles. The van der Waals surface area contributed by atoms with Crippen LogP contribution in [0.5, 0.6) is 0 Å². The Morgan fingerprint density at radius 2 is 2.11 bits per heavy atom. The molecule has 2 heterocycles. The van der Waals surface area contributed by atoms with Crippen molar-refractivity contribution >= 4 is 15.7 Å². The average Bonchev–Trinajstić information content (AvgIpc) is 2.31. The first-order valence-electron chi connectivity index (χ1n) is 5.76. The van der Waals surface area contributed by atoms with Crippen molar-refractivity contribution in [1.82, 2.24) is 10.3 Å². The number of nitrogens with one attached hydrogen (secondary N) is 1. The SMILES string of the molecule is CNCc1cc(F)cnc1N1CCS(=O)(=O)CC1. The Labute approximate surface area is 106 Å². The highest BCUT2D eigenvalue weighted by Crippen LogP contribution is 2.20. The fourth-order valence-corrected chi connectivity index (χ4v) is 3.20. The fourth-order valence-electron chi connectivity index (χ4n) is 2.00. The number of hydrogen-bond acceptors (Lipinski definition) is 5. The van der Waals surface area contributed by atoms with E-state index in [-0.39, 0.29) is 17.3 Å². The lowest BCUT2D eigenvalue weighted by molar-refractivity contribution is 0.584. The molecule has 0 bridgehead atoms. The van der Waals surface area contributed by atoms with Gasteiger partial charge < -0.3 is 10.2 Å². The summed E-state index contributed by atoms with van der Waals surface area (Å²) in [6, 6.07) is 1.43. The van der Waals surface area contributed by atoms with Crippen LogP contribution in [0.1, 0.15) is 5.56 Å². The maximum atomic E-state index is 13.2. The Kier molecular flexibility index (Phi) is 3.82. The van der Waals surface area contributed by atoms with Gasteiger partial charge in [0.1, 0.15) is 11.6 Å². The van der Waals surface area contributed by atoms with Gasteiger partial charge >= 0.3 is 0 Å². The maximum Gasteiger partial charge on any atom is 0.153 e. The number of pyridine rings is 1. The van der Waals surface area contributed by atoms with Gasteiger partial charge in [0.2, 0.25) is 0 Å². The summed E-state index contributed by atoms with van der Waals surface area (Å²) in [5, 5.41) is 2.96. The lowest BCUT2D eigenvalue weighted by Gasteiger charge is -2.29. The molecule has 0 amide bonds. The fraction of sp³-hybridized carbons (Fsp3) is 0.545. The number of rotatable bonds is 3. The second kappa shape index (κ2) is 5.19. The summed E-state index contributed by atoms with van der Waals surface area (Å²) in [6.07, 6.45) is 1.16. The maximum absolute atomic E-state index is 13.2. The van der Waals surface area contributed by atoms with E-state index in [0.717, 1.165) is 11.8 Å². The van der Waals surface area contributed by atoms with Crippen LogP contribution in [0.3, 0.4) is 0 Å². The third-order valence-electron chi connectivity index (χ3n) is 2.92. The molecule has 0 aliphatic carbocycles. The van der Waals surface area contributed by atoms with E-state index in [1.165, 1.54) is 6.07 Å². The van der Waals surface area contributed by atoms with E-state index in [1.54, 1.807) is 7.05 Å². The van der Waals surface area contributed by atoms with Crippen LogP contribution in [0.2, 0.25) is 0 Å². The van der Waals surface area contributed by atoms with E-state index in [2.05, 4.69) is 10.3 Å². The standard InChI is InChI=1S/C11H16FN3O2S/c1-13-7-9-6-10(12)8-14-11(9)15-2-4-18(16,17)5-3-15/h6,8,13H,2-5,7H2,1H3. The second-order valence-electron chi connectivity index (χ2n) is 4.31. The van der Waals surface area contributed by atoms with E-state index in [1.807, 2.05) is 4.90 Å². The molecule has 0 atom stereocenters. The summed E-state index contributed by atoms with van der Waals surface area (Å²) in [4.78, 5) is 5.98. The van der Waals surface area contributed by atoms with Crippen molar-refractivity contribution in [3.05, 3.63) is 23.6 Å². The van der Waals surface area contributed by atoms with Crippen LogP contribution >= 0.6 is 0 Å². The van der Waals surface area contributed by atoms with Gasteiger partial charge in [-0.2, -0.15) is 0 Å². The summed E-state index contributed by atoms with van der Waals surface area (Å²) in [6.45, 7) is 1.33. The molecule has 18 heavy (non-hydrogen) atoms. The first kappa shape index (κ1) is 13.2. The highest BCUT2D eigenvalue weighted by Gasteiger charge is 2.24. The van der Waals surface area contributed by atoms with E-state index in [0.29, 0.717) is 25.5 Å². The Morgan fingerprint density at radius 1 is 1.44 bits per heavy atom. The summed E-state index contributed by atoms with van der Waals surface area (Å²) < 4.78 is 35.9. The van der Waals surface area contributed by atoms with Gasteiger partial charge in [-0.1, -0.05) is 0 Å². The monoisotopic (exact) mass is 273 g/mol. The Hall–Kier alpha value is -1.21.